The molecule has 0 saturated heterocycles. The Labute approximate surface area is 153 Å². The predicted molar refractivity (Wildman–Crippen MR) is 101 cm³/mol. The lowest BCUT2D eigenvalue weighted by atomic mass is 9.87. The Balaban J connectivity index is 1.54. The van der Waals surface area contributed by atoms with E-state index in [4.69, 9.17) is 0 Å². The first-order valence-electron chi connectivity index (χ1n) is 9.26. The third-order valence-corrected chi connectivity index (χ3v) is 5.36. The van der Waals surface area contributed by atoms with Gasteiger partial charge in [-0.15, -0.1) is 0 Å². The van der Waals surface area contributed by atoms with Gasteiger partial charge < -0.3 is 10.6 Å². The fourth-order valence-electron chi connectivity index (χ4n) is 4.10. The van der Waals surface area contributed by atoms with Crippen LogP contribution >= 0.6 is 0 Å². The number of aryl methyl sites for hydroxylation is 1. The van der Waals surface area contributed by atoms with E-state index in [-0.39, 0.29) is 24.4 Å². The van der Waals surface area contributed by atoms with Gasteiger partial charge in [0.2, 0.25) is 5.91 Å². The van der Waals surface area contributed by atoms with Gasteiger partial charge in [-0.25, -0.2) is 0 Å². The molecule has 4 rings (SSSR count). The first-order chi connectivity index (χ1) is 12.6. The molecule has 2 aromatic carbocycles. The third kappa shape index (κ3) is 3.10. The van der Waals surface area contributed by atoms with E-state index in [0.29, 0.717) is 11.7 Å². The van der Waals surface area contributed by atoms with Crippen LogP contribution in [0.4, 0.5) is 11.4 Å². The van der Waals surface area contributed by atoms with Crippen LogP contribution in [0.2, 0.25) is 0 Å². The highest BCUT2D eigenvalue weighted by molar-refractivity contribution is 6.10. The zero-order valence-corrected chi connectivity index (χ0v) is 14.9. The number of hydrogen-bond acceptors (Lipinski definition) is 2. The lowest BCUT2D eigenvalue weighted by Gasteiger charge is -2.32. The van der Waals surface area contributed by atoms with Crippen molar-refractivity contribution < 1.29 is 14.9 Å². The van der Waals surface area contributed by atoms with Gasteiger partial charge in [-0.1, -0.05) is 36.4 Å². The maximum atomic E-state index is 13.1. The standard InChI is InChI=1S/C21H23N3O2/c1-14(22-17-11-6-8-15-7-2-3-9-16(15)17)21(26)24-13-20(25)23-18-10-4-5-12-19(18)24/h2-5,7,9-10,12,14,17,22H,6,8,11,13H2,1H3,(H,23,25)/p+1/t14-,17-/m0/s1. The molecule has 134 valence electrons. The number of anilines is 2. The van der Waals surface area contributed by atoms with E-state index in [9.17, 15) is 9.59 Å². The number of nitrogens with zero attached hydrogens (tertiary/aromatic N) is 1. The van der Waals surface area contributed by atoms with Gasteiger partial charge in [-0.05, 0) is 37.5 Å². The zero-order valence-electron chi connectivity index (χ0n) is 14.9. The van der Waals surface area contributed by atoms with Crippen molar-refractivity contribution in [2.75, 3.05) is 16.8 Å². The number of nitrogens with one attached hydrogen (secondary N) is 1. The summed E-state index contributed by atoms with van der Waals surface area (Å²) in [4.78, 5) is 26.7. The second-order valence-corrected chi connectivity index (χ2v) is 7.17. The Morgan fingerprint density at radius 3 is 2.85 bits per heavy atom. The van der Waals surface area contributed by atoms with E-state index in [2.05, 4.69) is 34.9 Å². The van der Waals surface area contributed by atoms with Gasteiger partial charge >= 0.3 is 0 Å². The summed E-state index contributed by atoms with van der Waals surface area (Å²) < 4.78 is 0. The predicted octanol–water partition coefficient (Wildman–Crippen LogP) is 2.00. The molecular weight excluding hydrogens is 326 g/mol. The number of quaternary nitrogens is 1. The molecule has 5 nitrogen and oxygen atoms in total. The molecule has 0 radical (unpaired) electrons. The summed E-state index contributed by atoms with van der Waals surface area (Å²) in [6.07, 6.45) is 3.34. The van der Waals surface area contributed by atoms with Crippen LogP contribution in [-0.2, 0) is 16.0 Å². The minimum Gasteiger partial charge on any atom is -0.330 e. The number of fused-ring (bicyclic) bond motifs is 2. The highest BCUT2D eigenvalue weighted by atomic mass is 16.2. The Bertz CT molecular complexity index is 849. The summed E-state index contributed by atoms with van der Waals surface area (Å²) in [5.41, 5.74) is 4.21. The molecule has 0 bridgehead atoms. The third-order valence-electron chi connectivity index (χ3n) is 5.36. The zero-order chi connectivity index (χ0) is 18.1. The number of carbonyl (C=O) groups excluding carboxylic acids is 2. The van der Waals surface area contributed by atoms with E-state index in [1.807, 2.05) is 31.2 Å². The second-order valence-electron chi connectivity index (χ2n) is 7.17. The molecule has 2 atom stereocenters. The molecule has 1 heterocycles. The van der Waals surface area contributed by atoms with Crippen molar-refractivity contribution in [3.05, 3.63) is 59.7 Å². The van der Waals surface area contributed by atoms with E-state index in [1.165, 1.54) is 11.1 Å². The van der Waals surface area contributed by atoms with Crippen LogP contribution < -0.4 is 15.5 Å². The molecule has 2 aliphatic rings. The summed E-state index contributed by atoms with van der Waals surface area (Å²) >= 11 is 0. The van der Waals surface area contributed by atoms with E-state index in [0.717, 1.165) is 24.9 Å². The van der Waals surface area contributed by atoms with E-state index < -0.39 is 0 Å². The molecule has 0 fully saturated rings. The van der Waals surface area contributed by atoms with Gasteiger partial charge in [0, 0.05) is 12.0 Å². The van der Waals surface area contributed by atoms with E-state index in [1.54, 1.807) is 4.90 Å². The van der Waals surface area contributed by atoms with Crippen LogP contribution in [0.25, 0.3) is 0 Å². The van der Waals surface area contributed by atoms with Crippen molar-refractivity contribution in [3.8, 4) is 0 Å². The second kappa shape index (κ2) is 6.92. The molecule has 0 unspecified atom stereocenters. The average molecular weight is 350 g/mol. The molecular formula is C21H24N3O2+. The summed E-state index contributed by atoms with van der Waals surface area (Å²) in [5.74, 6) is -0.164. The van der Waals surface area contributed by atoms with Crippen molar-refractivity contribution >= 4 is 23.2 Å². The summed E-state index contributed by atoms with van der Waals surface area (Å²) in [6.45, 7) is 2.02. The quantitative estimate of drug-likeness (QED) is 0.889. The number of hydrogen-bond donors (Lipinski definition) is 2. The highest BCUT2D eigenvalue weighted by Crippen LogP contribution is 2.30. The Morgan fingerprint density at radius 1 is 1.19 bits per heavy atom. The van der Waals surface area contributed by atoms with Crippen LogP contribution in [-0.4, -0.2) is 24.4 Å². The number of amides is 2. The molecule has 26 heavy (non-hydrogen) atoms. The molecule has 0 aromatic heterocycles. The highest BCUT2D eigenvalue weighted by Gasteiger charge is 2.33. The number of nitrogens with two attached hydrogens (primary N) is 1. The van der Waals surface area contributed by atoms with Gasteiger partial charge in [0.1, 0.15) is 12.6 Å². The number of para-hydroxylation sites is 2. The monoisotopic (exact) mass is 350 g/mol. The van der Waals surface area contributed by atoms with Crippen LogP contribution in [0.5, 0.6) is 0 Å². The van der Waals surface area contributed by atoms with Gasteiger partial charge in [0.05, 0.1) is 11.4 Å². The molecule has 0 spiro atoms. The summed E-state index contributed by atoms with van der Waals surface area (Å²) in [6, 6.07) is 16.0. The van der Waals surface area contributed by atoms with Crippen LogP contribution in [0.1, 0.15) is 36.9 Å². The minimum atomic E-state index is -0.245. The fourth-order valence-corrected chi connectivity index (χ4v) is 4.10. The molecule has 1 aliphatic heterocycles. The molecule has 1 aliphatic carbocycles. The normalized spacial score (nSPS) is 20.0. The van der Waals surface area contributed by atoms with Crippen molar-refractivity contribution in [2.24, 2.45) is 0 Å². The van der Waals surface area contributed by atoms with Crippen molar-refractivity contribution in [3.63, 3.8) is 0 Å². The largest absolute Gasteiger partial charge is 0.330 e. The van der Waals surface area contributed by atoms with E-state index >= 15 is 0 Å². The van der Waals surface area contributed by atoms with Crippen molar-refractivity contribution in [1.82, 2.24) is 0 Å². The first kappa shape index (κ1) is 16.8. The first-order valence-corrected chi connectivity index (χ1v) is 9.26. The smallest absolute Gasteiger partial charge is 0.285 e. The lowest BCUT2D eigenvalue weighted by Crippen LogP contribution is -2.93. The van der Waals surface area contributed by atoms with Crippen LogP contribution in [0, 0.1) is 0 Å². The van der Waals surface area contributed by atoms with Crippen LogP contribution in [0.3, 0.4) is 0 Å². The van der Waals surface area contributed by atoms with Crippen LogP contribution in [0.15, 0.2) is 48.5 Å². The maximum absolute atomic E-state index is 13.1. The molecule has 2 amide bonds. The minimum absolute atomic E-state index is 0.0182. The van der Waals surface area contributed by atoms with Crippen molar-refractivity contribution in [1.29, 1.82) is 0 Å². The molecule has 2 aromatic rings. The number of rotatable bonds is 3. The Kier molecular flexibility index (Phi) is 4.47. The molecule has 5 heteroatoms. The summed E-state index contributed by atoms with van der Waals surface area (Å²) in [5, 5.41) is 5.00. The van der Waals surface area contributed by atoms with Gasteiger partial charge in [0.15, 0.2) is 6.04 Å². The van der Waals surface area contributed by atoms with Gasteiger partial charge in [-0.3, -0.25) is 14.5 Å². The number of benzene rings is 2. The Hall–Kier alpha value is -2.66. The Morgan fingerprint density at radius 2 is 1.96 bits per heavy atom. The van der Waals surface area contributed by atoms with Gasteiger partial charge in [0.25, 0.3) is 5.91 Å². The molecule has 0 saturated carbocycles. The maximum Gasteiger partial charge on any atom is 0.285 e. The lowest BCUT2D eigenvalue weighted by molar-refractivity contribution is -0.714. The molecule has 3 N–H and O–H groups in total. The topological polar surface area (TPSA) is 66.0 Å². The SMILES string of the molecule is C[C@H]([NH2+][C@H]1CCCc2ccccc21)C(=O)N1CC(=O)Nc2ccccc21. The van der Waals surface area contributed by atoms with Crippen molar-refractivity contribution in [2.45, 2.75) is 38.3 Å². The average Bonchev–Trinajstić information content (AvgIpc) is 2.67. The number of carbonyl (C=O) groups is 2. The fraction of sp³-hybridized carbons (Fsp3) is 0.333. The summed E-state index contributed by atoms with van der Waals surface area (Å²) in [7, 11) is 0. The van der Waals surface area contributed by atoms with Gasteiger partial charge in [-0.2, -0.15) is 0 Å².